The zero-order valence-electron chi connectivity index (χ0n) is 21.6. The van der Waals surface area contributed by atoms with Crippen molar-refractivity contribution < 1.29 is 17.9 Å². The van der Waals surface area contributed by atoms with E-state index in [1.807, 2.05) is 26.1 Å². The van der Waals surface area contributed by atoms with Gasteiger partial charge < -0.3 is 9.64 Å². The van der Waals surface area contributed by atoms with Crippen LogP contribution in [0.4, 0.5) is 13.2 Å². The summed E-state index contributed by atoms with van der Waals surface area (Å²) in [6.07, 6.45) is 9.13. The maximum atomic E-state index is 12.4. The summed E-state index contributed by atoms with van der Waals surface area (Å²) in [5, 5.41) is 0. The van der Waals surface area contributed by atoms with Gasteiger partial charge in [-0.3, -0.25) is 0 Å². The van der Waals surface area contributed by atoms with Gasteiger partial charge in [-0.1, -0.05) is 91.0 Å². The molecule has 32 heavy (non-hydrogen) atoms. The molecule has 1 aromatic carbocycles. The largest absolute Gasteiger partial charge is 0.416 e. The van der Waals surface area contributed by atoms with Crippen molar-refractivity contribution in [2.24, 2.45) is 0 Å². The molecule has 0 fully saturated rings. The Morgan fingerprint density at radius 3 is 1.69 bits per heavy atom. The highest BCUT2D eigenvalue weighted by molar-refractivity contribution is 5.24. The maximum absolute atomic E-state index is 12.4. The number of hydrogen-bond acceptors (Lipinski definition) is 2. The molecule has 188 valence electrons. The molecule has 0 heterocycles. The molecule has 1 aromatic rings. The first-order valence-electron chi connectivity index (χ1n) is 11.9. The number of unbranched alkanes of at least 4 members (excludes halogenated alkanes) is 3. The minimum absolute atomic E-state index is 0.599. The number of benzene rings is 1. The quantitative estimate of drug-likeness (QED) is 0.323. The van der Waals surface area contributed by atoms with Gasteiger partial charge in [-0.25, -0.2) is 0 Å². The highest BCUT2D eigenvalue weighted by Crippen LogP contribution is 2.29. The second kappa shape index (κ2) is 25.5. The van der Waals surface area contributed by atoms with Crippen molar-refractivity contribution in [2.45, 2.75) is 92.8 Å². The van der Waals surface area contributed by atoms with Crippen molar-refractivity contribution in [2.75, 3.05) is 20.3 Å². The van der Waals surface area contributed by atoms with E-state index >= 15 is 0 Å². The Morgan fingerprint density at radius 1 is 0.906 bits per heavy atom. The SMILES string of the molecule is C=CCOC.CC/C=C/N(CC)Cc1ccc(C(F)(F)F)cc1.CCCC.CCCCC. The lowest BCUT2D eigenvalue weighted by Gasteiger charge is -2.18. The van der Waals surface area contributed by atoms with Gasteiger partial charge in [-0.15, -0.1) is 6.58 Å². The molecule has 0 aliphatic rings. The average Bonchev–Trinajstić information content (AvgIpc) is 2.78. The van der Waals surface area contributed by atoms with Crippen LogP contribution in [-0.4, -0.2) is 25.2 Å². The molecular weight excluding hydrogens is 411 g/mol. The Labute approximate surface area is 196 Å². The monoisotopic (exact) mass is 459 g/mol. The van der Waals surface area contributed by atoms with E-state index in [0.717, 1.165) is 30.7 Å². The predicted molar refractivity (Wildman–Crippen MR) is 135 cm³/mol. The Morgan fingerprint density at radius 2 is 1.44 bits per heavy atom. The standard InChI is InChI=1S/C14H18F3N.C5H12.C4H8O.C4H10/c1-3-5-10-18(4-2)11-12-6-8-13(9-7-12)14(15,16)17;1-3-5-4-2;1-3-4-5-2;1-3-4-2/h5-10H,3-4,11H2,1-2H3;3-5H2,1-2H3;3H,1,4H2,2H3;3-4H2,1-2H3/b10-5+;;;. The van der Waals surface area contributed by atoms with E-state index in [0.29, 0.717) is 13.2 Å². The average molecular weight is 460 g/mol. The number of alkyl halides is 3. The number of ether oxygens (including phenoxy) is 1. The first-order chi connectivity index (χ1) is 15.2. The molecule has 2 nitrogen and oxygen atoms in total. The van der Waals surface area contributed by atoms with Gasteiger partial charge >= 0.3 is 6.18 Å². The van der Waals surface area contributed by atoms with Crippen molar-refractivity contribution in [3.63, 3.8) is 0 Å². The van der Waals surface area contributed by atoms with Gasteiger partial charge in [0.1, 0.15) is 0 Å². The number of methoxy groups -OCH3 is 1. The van der Waals surface area contributed by atoms with E-state index in [1.165, 1.54) is 44.2 Å². The Balaban J connectivity index is -0.000000490. The zero-order chi connectivity index (χ0) is 25.3. The number of halogens is 3. The Bertz CT molecular complexity index is 521. The summed E-state index contributed by atoms with van der Waals surface area (Å²) >= 11 is 0. The fourth-order valence-corrected chi connectivity index (χ4v) is 2.03. The van der Waals surface area contributed by atoms with E-state index in [2.05, 4.69) is 43.9 Å². The van der Waals surface area contributed by atoms with Gasteiger partial charge in [0.2, 0.25) is 0 Å². The topological polar surface area (TPSA) is 12.5 Å². The van der Waals surface area contributed by atoms with Crippen molar-refractivity contribution in [3.8, 4) is 0 Å². The number of allylic oxidation sites excluding steroid dienone is 1. The van der Waals surface area contributed by atoms with E-state index in [1.54, 1.807) is 13.2 Å². The lowest BCUT2D eigenvalue weighted by molar-refractivity contribution is -0.137. The summed E-state index contributed by atoms with van der Waals surface area (Å²) in [7, 11) is 1.64. The molecule has 0 unspecified atom stereocenters. The summed E-state index contributed by atoms with van der Waals surface area (Å²) in [5.41, 5.74) is 0.281. The highest BCUT2D eigenvalue weighted by atomic mass is 19.4. The molecule has 0 aliphatic heterocycles. The molecule has 0 saturated heterocycles. The van der Waals surface area contributed by atoms with Crippen LogP contribution in [0.5, 0.6) is 0 Å². The van der Waals surface area contributed by atoms with Gasteiger partial charge in [0.05, 0.1) is 12.2 Å². The molecular formula is C27H48F3NO. The smallest absolute Gasteiger partial charge is 0.381 e. The van der Waals surface area contributed by atoms with Gasteiger partial charge in [-0.2, -0.15) is 13.2 Å². The number of rotatable bonds is 10. The van der Waals surface area contributed by atoms with Crippen LogP contribution in [0.2, 0.25) is 0 Å². The lowest BCUT2D eigenvalue weighted by atomic mass is 10.1. The van der Waals surface area contributed by atoms with Crippen LogP contribution < -0.4 is 0 Å². The van der Waals surface area contributed by atoms with E-state index in [4.69, 9.17) is 0 Å². The summed E-state index contributed by atoms with van der Waals surface area (Å²) in [6.45, 7) is 18.4. The molecule has 0 radical (unpaired) electrons. The molecule has 0 aromatic heterocycles. The van der Waals surface area contributed by atoms with Crippen molar-refractivity contribution >= 4 is 0 Å². The Hall–Kier alpha value is -1.75. The summed E-state index contributed by atoms with van der Waals surface area (Å²) in [6, 6.07) is 5.33. The summed E-state index contributed by atoms with van der Waals surface area (Å²) < 4.78 is 41.8. The van der Waals surface area contributed by atoms with E-state index in [9.17, 15) is 13.2 Å². The second-order valence-corrected chi connectivity index (χ2v) is 7.15. The van der Waals surface area contributed by atoms with Crippen LogP contribution in [0, 0.1) is 0 Å². The molecule has 5 heteroatoms. The van der Waals surface area contributed by atoms with Crippen LogP contribution in [0.1, 0.15) is 91.2 Å². The van der Waals surface area contributed by atoms with Crippen molar-refractivity contribution in [3.05, 3.63) is 60.3 Å². The van der Waals surface area contributed by atoms with Crippen LogP contribution in [0.3, 0.4) is 0 Å². The minimum atomic E-state index is -4.26. The van der Waals surface area contributed by atoms with E-state index < -0.39 is 11.7 Å². The summed E-state index contributed by atoms with van der Waals surface area (Å²) in [5.74, 6) is 0. The molecule has 0 aliphatic carbocycles. The number of hydrogen-bond donors (Lipinski definition) is 0. The van der Waals surface area contributed by atoms with Gasteiger partial charge in [0, 0.05) is 20.2 Å². The molecule has 0 N–H and O–H groups in total. The van der Waals surface area contributed by atoms with Crippen LogP contribution in [0.25, 0.3) is 0 Å². The molecule has 0 amide bonds. The third-order valence-corrected chi connectivity index (χ3v) is 4.12. The fourth-order valence-electron chi connectivity index (χ4n) is 2.03. The summed E-state index contributed by atoms with van der Waals surface area (Å²) in [4.78, 5) is 2.06. The minimum Gasteiger partial charge on any atom is -0.381 e. The van der Waals surface area contributed by atoms with Crippen LogP contribution in [0.15, 0.2) is 49.2 Å². The van der Waals surface area contributed by atoms with Gasteiger partial charge in [0.15, 0.2) is 0 Å². The predicted octanol–water partition coefficient (Wildman–Crippen LogP) is 9.27. The first kappa shape index (κ1) is 34.9. The molecule has 0 bridgehead atoms. The van der Waals surface area contributed by atoms with Crippen LogP contribution in [-0.2, 0) is 17.5 Å². The second-order valence-electron chi connectivity index (χ2n) is 7.15. The van der Waals surface area contributed by atoms with Crippen molar-refractivity contribution in [1.82, 2.24) is 4.90 Å². The number of nitrogens with zero attached hydrogens (tertiary/aromatic N) is 1. The Kier molecular flexibility index (Phi) is 27.8. The third kappa shape index (κ3) is 24.5. The zero-order valence-corrected chi connectivity index (χ0v) is 21.6. The molecule has 1 rings (SSSR count). The lowest BCUT2D eigenvalue weighted by Crippen LogP contribution is -2.16. The molecule has 0 atom stereocenters. The molecule has 0 saturated carbocycles. The van der Waals surface area contributed by atoms with Gasteiger partial charge in [-0.05, 0) is 37.2 Å². The van der Waals surface area contributed by atoms with Crippen LogP contribution >= 0.6 is 0 Å². The highest BCUT2D eigenvalue weighted by Gasteiger charge is 2.29. The first-order valence-corrected chi connectivity index (χ1v) is 11.9. The van der Waals surface area contributed by atoms with E-state index in [-0.39, 0.29) is 0 Å². The van der Waals surface area contributed by atoms with Crippen molar-refractivity contribution in [1.29, 1.82) is 0 Å². The fraction of sp³-hybridized carbons (Fsp3) is 0.630. The van der Waals surface area contributed by atoms with Gasteiger partial charge in [0.25, 0.3) is 0 Å². The molecule has 0 spiro atoms. The maximum Gasteiger partial charge on any atom is 0.416 e. The third-order valence-electron chi connectivity index (χ3n) is 4.12. The normalized spacial score (nSPS) is 10.2.